The Bertz CT molecular complexity index is 1370. The molecule has 3 heterocycles. The third kappa shape index (κ3) is 5.85. The minimum absolute atomic E-state index is 0.123. The molecule has 0 radical (unpaired) electrons. The average Bonchev–Trinajstić information content (AvgIpc) is 3.60. The minimum Gasteiger partial charge on any atom is -0.491 e. The summed E-state index contributed by atoms with van der Waals surface area (Å²) in [6.45, 7) is 0.845. The monoisotopic (exact) mass is 554 g/mol. The Morgan fingerprint density at radius 1 is 1.05 bits per heavy atom. The Morgan fingerprint density at radius 2 is 1.86 bits per heavy atom. The summed E-state index contributed by atoms with van der Waals surface area (Å²) >= 11 is 14.0. The Balaban J connectivity index is 1.38. The summed E-state index contributed by atoms with van der Waals surface area (Å²) in [7, 11) is 0. The second kappa shape index (κ2) is 11.4. The topological polar surface area (TPSA) is 63.0 Å². The number of hydrogen-bond acceptors (Lipinski definition) is 5. The number of fused-ring (bicyclic) bond motifs is 1. The molecule has 9 heteroatoms. The van der Waals surface area contributed by atoms with Crippen LogP contribution in [-0.2, 0) is 17.8 Å². The van der Waals surface area contributed by atoms with E-state index in [4.69, 9.17) is 32.4 Å². The summed E-state index contributed by atoms with van der Waals surface area (Å²) in [4.78, 5) is 31.8. The van der Waals surface area contributed by atoms with Gasteiger partial charge in [-0.25, -0.2) is 0 Å². The largest absolute Gasteiger partial charge is 0.491 e. The van der Waals surface area contributed by atoms with Crippen LogP contribution >= 0.6 is 34.5 Å². The number of nitrogens with zero attached hydrogens (tertiary/aromatic N) is 2. The van der Waals surface area contributed by atoms with E-state index in [0.717, 1.165) is 12.0 Å². The van der Waals surface area contributed by atoms with Gasteiger partial charge in [0.2, 0.25) is 5.91 Å². The lowest BCUT2D eigenvalue weighted by molar-refractivity contribution is -0.135. The second-order valence-electron chi connectivity index (χ2n) is 8.64. The highest BCUT2D eigenvalue weighted by Crippen LogP contribution is 2.34. The summed E-state index contributed by atoms with van der Waals surface area (Å²) in [5.74, 6) is 0.744. The van der Waals surface area contributed by atoms with E-state index >= 15 is 0 Å². The first-order chi connectivity index (χ1) is 18.0. The maximum Gasteiger partial charge on any atom is 0.256 e. The van der Waals surface area contributed by atoms with Crippen LogP contribution in [0.2, 0.25) is 10.0 Å². The standard InChI is InChI=1S/C28H24Cl2N2O4S/c29-19-7-9-20(10-8-19)36-18-25-23-12-15-37-26(23)11-13-32(25)27(33)17-31(16-21-4-3-14-35-21)28(34)22-5-1-2-6-24(22)30/h1-10,12,14-15,25H,11,13,16-18H2/t25-/m0/s1. The van der Waals surface area contributed by atoms with Crippen LogP contribution in [-0.4, -0.2) is 41.3 Å². The van der Waals surface area contributed by atoms with Crippen molar-refractivity contribution in [1.82, 2.24) is 9.80 Å². The van der Waals surface area contributed by atoms with Crippen LogP contribution in [0.4, 0.5) is 0 Å². The number of benzene rings is 2. The van der Waals surface area contributed by atoms with Crippen molar-refractivity contribution < 1.29 is 18.7 Å². The van der Waals surface area contributed by atoms with Crippen molar-refractivity contribution in [1.29, 1.82) is 0 Å². The summed E-state index contributed by atoms with van der Waals surface area (Å²) in [6, 6.07) is 19.3. The Morgan fingerprint density at radius 3 is 2.62 bits per heavy atom. The maximum atomic E-state index is 13.8. The number of carbonyl (C=O) groups is 2. The molecule has 0 bridgehead atoms. The molecule has 0 unspecified atom stereocenters. The van der Waals surface area contributed by atoms with Crippen molar-refractivity contribution in [2.75, 3.05) is 19.7 Å². The van der Waals surface area contributed by atoms with Gasteiger partial charge in [0.15, 0.2) is 0 Å². The van der Waals surface area contributed by atoms with Gasteiger partial charge < -0.3 is 19.0 Å². The highest BCUT2D eigenvalue weighted by atomic mass is 35.5. The molecule has 190 valence electrons. The molecule has 0 aliphatic carbocycles. The number of rotatable bonds is 8. The van der Waals surface area contributed by atoms with Gasteiger partial charge in [0.1, 0.15) is 24.7 Å². The number of carbonyl (C=O) groups excluding carboxylic acids is 2. The summed E-state index contributed by atoms with van der Waals surface area (Å²) < 4.78 is 11.5. The molecule has 5 rings (SSSR count). The Hall–Kier alpha value is -3.26. The second-order valence-corrected chi connectivity index (χ2v) is 10.5. The van der Waals surface area contributed by atoms with E-state index < -0.39 is 0 Å². The first-order valence-electron chi connectivity index (χ1n) is 11.8. The van der Waals surface area contributed by atoms with Gasteiger partial charge in [-0.1, -0.05) is 35.3 Å². The van der Waals surface area contributed by atoms with Crippen LogP contribution in [0, 0.1) is 0 Å². The molecule has 0 spiro atoms. The molecule has 1 aliphatic heterocycles. The van der Waals surface area contributed by atoms with Crippen molar-refractivity contribution in [3.05, 3.63) is 110 Å². The average molecular weight is 555 g/mol. The molecule has 0 fully saturated rings. The van der Waals surface area contributed by atoms with Crippen molar-refractivity contribution in [2.45, 2.75) is 19.0 Å². The van der Waals surface area contributed by atoms with Gasteiger partial charge in [0, 0.05) is 16.4 Å². The third-order valence-corrected chi connectivity index (χ3v) is 7.86. The van der Waals surface area contributed by atoms with Crippen LogP contribution in [0.15, 0.2) is 82.8 Å². The molecule has 6 nitrogen and oxygen atoms in total. The van der Waals surface area contributed by atoms with Gasteiger partial charge in [-0.15, -0.1) is 11.3 Å². The van der Waals surface area contributed by atoms with E-state index in [1.165, 1.54) is 9.78 Å². The highest BCUT2D eigenvalue weighted by molar-refractivity contribution is 7.10. The quantitative estimate of drug-likeness (QED) is 0.249. The lowest BCUT2D eigenvalue weighted by Crippen LogP contribution is -2.47. The van der Waals surface area contributed by atoms with E-state index in [-0.39, 0.29) is 37.6 Å². The van der Waals surface area contributed by atoms with Crippen molar-refractivity contribution in [3.63, 3.8) is 0 Å². The molecule has 4 aromatic rings. The molecule has 2 amide bonds. The lowest BCUT2D eigenvalue weighted by Gasteiger charge is -2.37. The van der Waals surface area contributed by atoms with Crippen LogP contribution in [0.5, 0.6) is 5.75 Å². The first-order valence-corrected chi connectivity index (χ1v) is 13.4. The van der Waals surface area contributed by atoms with E-state index in [9.17, 15) is 9.59 Å². The fourth-order valence-corrected chi connectivity index (χ4v) is 5.70. The van der Waals surface area contributed by atoms with E-state index in [1.807, 2.05) is 11.4 Å². The molecule has 0 N–H and O–H groups in total. The van der Waals surface area contributed by atoms with Gasteiger partial charge in [-0.2, -0.15) is 0 Å². The molecular weight excluding hydrogens is 531 g/mol. The number of furan rings is 1. The SMILES string of the molecule is O=C(c1ccccc1Cl)N(CC(=O)N1CCc2sccc2[C@@H]1COc1ccc(Cl)cc1)Cc1ccco1. The fourth-order valence-electron chi connectivity index (χ4n) is 4.43. The van der Waals surface area contributed by atoms with Gasteiger partial charge in [0.05, 0.1) is 29.4 Å². The molecule has 0 saturated heterocycles. The fraction of sp³-hybridized carbons (Fsp3) is 0.214. The van der Waals surface area contributed by atoms with Crippen LogP contribution < -0.4 is 4.74 Å². The van der Waals surface area contributed by atoms with E-state index in [1.54, 1.807) is 83.2 Å². The zero-order valence-corrected chi connectivity index (χ0v) is 22.1. The Labute approximate surface area is 229 Å². The molecule has 37 heavy (non-hydrogen) atoms. The van der Waals surface area contributed by atoms with Gasteiger partial charge in [-0.3, -0.25) is 9.59 Å². The van der Waals surface area contributed by atoms with E-state index in [2.05, 4.69) is 0 Å². The van der Waals surface area contributed by atoms with Gasteiger partial charge in [0.25, 0.3) is 5.91 Å². The highest BCUT2D eigenvalue weighted by Gasteiger charge is 2.34. The number of ether oxygens (including phenoxy) is 1. The van der Waals surface area contributed by atoms with Crippen LogP contribution in [0.1, 0.15) is 32.6 Å². The number of halogens is 2. The predicted octanol–water partition coefficient (Wildman–Crippen LogP) is 6.50. The molecule has 2 aromatic carbocycles. The summed E-state index contributed by atoms with van der Waals surface area (Å²) in [6.07, 6.45) is 2.30. The van der Waals surface area contributed by atoms with Crippen LogP contribution in [0.3, 0.4) is 0 Å². The Kier molecular flexibility index (Phi) is 7.84. The van der Waals surface area contributed by atoms with Crippen molar-refractivity contribution in [2.24, 2.45) is 0 Å². The summed E-state index contributed by atoms with van der Waals surface area (Å²) in [5.41, 5.74) is 1.42. The smallest absolute Gasteiger partial charge is 0.256 e. The lowest BCUT2D eigenvalue weighted by atomic mass is 10.0. The van der Waals surface area contributed by atoms with Crippen LogP contribution in [0.25, 0.3) is 0 Å². The van der Waals surface area contributed by atoms with Gasteiger partial charge >= 0.3 is 0 Å². The summed E-state index contributed by atoms with van der Waals surface area (Å²) in [5, 5.41) is 3.00. The number of thiophene rings is 1. The number of amides is 2. The molecule has 2 aromatic heterocycles. The third-order valence-electron chi connectivity index (χ3n) is 6.28. The number of hydrogen-bond donors (Lipinski definition) is 0. The normalized spacial score (nSPS) is 14.8. The van der Waals surface area contributed by atoms with Gasteiger partial charge in [-0.05, 0) is 72.0 Å². The maximum absolute atomic E-state index is 13.8. The molecule has 1 aliphatic rings. The van der Waals surface area contributed by atoms with E-state index in [0.29, 0.717) is 33.7 Å². The molecule has 0 saturated carbocycles. The minimum atomic E-state index is -0.336. The zero-order chi connectivity index (χ0) is 25.8. The zero-order valence-electron chi connectivity index (χ0n) is 19.8. The molecule has 1 atom stereocenters. The first kappa shape index (κ1) is 25.4. The van der Waals surface area contributed by atoms with Crippen molar-refractivity contribution >= 4 is 46.4 Å². The van der Waals surface area contributed by atoms with Crippen molar-refractivity contribution in [3.8, 4) is 5.75 Å². The predicted molar refractivity (Wildman–Crippen MR) is 144 cm³/mol. The molecular formula is C28H24Cl2N2O4S.